The molecule has 5 aliphatic rings. The van der Waals surface area contributed by atoms with Crippen molar-refractivity contribution >= 4 is 12.2 Å². The van der Waals surface area contributed by atoms with Gasteiger partial charge in [-0.2, -0.15) is 0 Å². The molecule has 0 saturated carbocycles. The predicted octanol–water partition coefficient (Wildman–Crippen LogP) is 3.37. The van der Waals surface area contributed by atoms with E-state index < -0.39 is 23.9 Å². The SMILES string of the molecule is CNCOC1(CNCNCC(C)O)Cc2c3c(c4c(c2OC1c1cc(CCCO)c(O)c(OC)c1)CCC(CO)O4)-c1ccc(O)c2c1C(C3)C(c1ccc3c(c1)=CCN=3)C=C2. The second-order valence-corrected chi connectivity index (χ2v) is 17.3. The van der Waals surface area contributed by atoms with Crippen LogP contribution in [0.5, 0.6) is 28.7 Å². The van der Waals surface area contributed by atoms with Crippen LogP contribution in [0.25, 0.3) is 23.3 Å². The van der Waals surface area contributed by atoms with Gasteiger partial charge in [0.1, 0.15) is 29.0 Å². The van der Waals surface area contributed by atoms with Crippen LogP contribution < -0.4 is 40.7 Å². The van der Waals surface area contributed by atoms with Gasteiger partial charge in [-0.15, -0.1) is 0 Å². The van der Waals surface area contributed by atoms with E-state index in [9.17, 15) is 25.5 Å². The highest BCUT2D eigenvalue weighted by molar-refractivity contribution is 5.89. The van der Waals surface area contributed by atoms with Crippen molar-refractivity contribution in [2.45, 2.75) is 81.2 Å². The molecule has 62 heavy (non-hydrogen) atoms. The maximum Gasteiger partial charge on any atom is 0.161 e. The summed E-state index contributed by atoms with van der Waals surface area (Å²) in [6.07, 6.45) is 7.95. The molecular formula is C49H58N4O9. The highest BCUT2D eigenvalue weighted by Crippen LogP contribution is 2.60. The quantitative estimate of drug-likeness (QED) is 0.0609. The summed E-state index contributed by atoms with van der Waals surface area (Å²) < 4.78 is 27.1. The summed E-state index contributed by atoms with van der Waals surface area (Å²) in [6, 6.07) is 14.1. The Morgan fingerprint density at radius 1 is 1.00 bits per heavy atom. The molecule has 0 bridgehead atoms. The van der Waals surface area contributed by atoms with E-state index in [4.69, 9.17) is 18.9 Å². The Morgan fingerprint density at radius 3 is 2.66 bits per heavy atom. The molecule has 4 aromatic carbocycles. The third kappa shape index (κ3) is 7.53. The molecule has 0 fully saturated rings. The Bertz CT molecular complexity index is 2510. The molecule has 6 unspecified atom stereocenters. The number of aromatic hydroxyl groups is 2. The number of benzene rings is 4. The molecule has 8 N–H and O–H groups in total. The zero-order valence-electron chi connectivity index (χ0n) is 35.7. The van der Waals surface area contributed by atoms with E-state index >= 15 is 0 Å². The summed E-state index contributed by atoms with van der Waals surface area (Å²) >= 11 is 0. The smallest absolute Gasteiger partial charge is 0.161 e. The fraction of sp³-hybridized carbons (Fsp3) is 0.449. The van der Waals surface area contributed by atoms with Crippen LogP contribution in [0.3, 0.4) is 0 Å². The van der Waals surface area contributed by atoms with Crippen LogP contribution in [0.15, 0.2) is 53.5 Å². The number of phenols is 2. The number of methoxy groups -OCH3 is 1. The number of allylic oxidation sites excluding steroid dienone is 1. The number of fused-ring (bicyclic) bond motifs is 8. The molecule has 0 spiro atoms. The number of aryl methyl sites for hydroxylation is 1. The van der Waals surface area contributed by atoms with Crippen molar-refractivity contribution in [2.24, 2.45) is 4.99 Å². The van der Waals surface area contributed by atoms with Crippen LogP contribution in [0.2, 0.25) is 0 Å². The first-order valence-electron chi connectivity index (χ1n) is 21.9. The van der Waals surface area contributed by atoms with Crippen molar-refractivity contribution in [3.05, 3.63) is 104 Å². The number of rotatable bonds is 16. The van der Waals surface area contributed by atoms with Crippen molar-refractivity contribution in [3.63, 3.8) is 0 Å². The third-order valence-electron chi connectivity index (χ3n) is 13.3. The average Bonchev–Trinajstić information content (AvgIpc) is 3.76. The number of nitrogens with one attached hydrogen (secondary N) is 3. The normalized spacial score (nSPS) is 23.1. The molecule has 9 rings (SSSR count). The van der Waals surface area contributed by atoms with E-state index in [1.165, 1.54) is 12.7 Å². The first-order valence-corrected chi connectivity index (χ1v) is 21.9. The number of ether oxygens (including phenoxy) is 4. The van der Waals surface area contributed by atoms with E-state index in [1.54, 1.807) is 13.0 Å². The first kappa shape index (κ1) is 42.3. The molecule has 13 nitrogen and oxygen atoms in total. The van der Waals surface area contributed by atoms with E-state index in [0.717, 1.165) is 60.8 Å². The van der Waals surface area contributed by atoms with Crippen LogP contribution in [0.1, 0.15) is 82.2 Å². The zero-order valence-corrected chi connectivity index (χ0v) is 35.7. The summed E-state index contributed by atoms with van der Waals surface area (Å²) in [4.78, 5) is 4.64. The van der Waals surface area contributed by atoms with Crippen LogP contribution in [-0.4, -0.2) is 104 Å². The van der Waals surface area contributed by atoms with Crippen LogP contribution in [0.4, 0.5) is 0 Å². The van der Waals surface area contributed by atoms with Gasteiger partial charge in [0.05, 0.1) is 38.5 Å². The Hall–Kier alpha value is -4.99. The molecule has 0 radical (unpaired) electrons. The largest absolute Gasteiger partial charge is 0.507 e. The van der Waals surface area contributed by atoms with E-state index in [1.807, 2.05) is 25.2 Å². The van der Waals surface area contributed by atoms with Crippen molar-refractivity contribution in [2.75, 3.05) is 60.4 Å². The molecule has 0 aromatic heterocycles. The summed E-state index contributed by atoms with van der Waals surface area (Å²) in [5.74, 6) is 1.95. The Labute approximate surface area is 361 Å². The van der Waals surface area contributed by atoms with Gasteiger partial charge in [-0.25, -0.2) is 0 Å². The molecule has 328 valence electrons. The molecule has 13 heteroatoms. The number of aliphatic hydroxyl groups excluding tert-OH is 3. The second kappa shape index (κ2) is 17.6. The first-order chi connectivity index (χ1) is 30.2. The van der Waals surface area contributed by atoms with Crippen molar-refractivity contribution in [1.29, 1.82) is 0 Å². The zero-order chi connectivity index (χ0) is 43.1. The topological polar surface area (TPSA) is 187 Å². The Kier molecular flexibility index (Phi) is 12.0. The fourth-order valence-electron chi connectivity index (χ4n) is 10.4. The minimum absolute atomic E-state index is 0.000641. The Balaban J connectivity index is 1.26. The number of hydrogen-bond acceptors (Lipinski definition) is 13. The maximum atomic E-state index is 11.4. The van der Waals surface area contributed by atoms with Crippen molar-refractivity contribution < 1.29 is 44.5 Å². The second-order valence-electron chi connectivity index (χ2n) is 17.3. The van der Waals surface area contributed by atoms with Gasteiger partial charge in [0.15, 0.2) is 17.6 Å². The van der Waals surface area contributed by atoms with E-state index in [2.05, 4.69) is 57.4 Å². The summed E-state index contributed by atoms with van der Waals surface area (Å²) in [5, 5.41) is 65.2. The van der Waals surface area contributed by atoms with Gasteiger partial charge < -0.3 is 55.1 Å². The van der Waals surface area contributed by atoms with Gasteiger partial charge in [-0.1, -0.05) is 30.4 Å². The third-order valence-corrected chi connectivity index (χ3v) is 13.3. The van der Waals surface area contributed by atoms with Crippen LogP contribution in [0, 0.1) is 0 Å². The van der Waals surface area contributed by atoms with Crippen molar-refractivity contribution in [1.82, 2.24) is 16.0 Å². The van der Waals surface area contributed by atoms with Gasteiger partial charge in [-0.3, -0.25) is 10.3 Å². The van der Waals surface area contributed by atoms with Gasteiger partial charge in [0, 0.05) is 61.0 Å². The summed E-state index contributed by atoms with van der Waals surface area (Å²) in [7, 11) is 3.36. The highest BCUT2D eigenvalue weighted by atomic mass is 16.6. The molecule has 3 aliphatic heterocycles. The van der Waals surface area contributed by atoms with Gasteiger partial charge >= 0.3 is 0 Å². The molecule has 0 amide bonds. The number of hydrogen-bond donors (Lipinski definition) is 8. The summed E-state index contributed by atoms with van der Waals surface area (Å²) in [6.45, 7) is 3.61. The lowest BCUT2D eigenvalue weighted by atomic mass is 9.64. The molecule has 4 aromatic rings. The number of phenolic OH excluding ortho intramolecular Hbond substituents is 2. The van der Waals surface area contributed by atoms with Gasteiger partial charge in [0.25, 0.3) is 0 Å². The lowest BCUT2D eigenvalue weighted by Crippen LogP contribution is -2.56. The Morgan fingerprint density at radius 2 is 1.87 bits per heavy atom. The predicted molar refractivity (Wildman–Crippen MR) is 236 cm³/mol. The molecule has 2 aliphatic carbocycles. The van der Waals surface area contributed by atoms with Crippen LogP contribution >= 0.6 is 0 Å². The maximum absolute atomic E-state index is 11.4. The monoisotopic (exact) mass is 846 g/mol. The lowest BCUT2D eigenvalue weighted by molar-refractivity contribution is -0.129. The minimum Gasteiger partial charge on any atom is -0.507 e. The van der Waals surface area contributed by atoms with Crippen LogP contribution in [-0.2, 0) is 30.4 Å². The average molecular weight is 847 g/mol. The van der Waals surface area contributed by atoms with Crippen molar-refractivity contribution in [3.8, 4) is 39.9 Å². The van der Waals surface area contributed by atoms with E-state index in [0.29, 0.717) is 81.9 Å². The highest BCUT2D eigenvalue weighted by Gasteiger charge is 2.51. The van der Waals surface area contributed by atoms with E-state index in [-0.39, 0.29) is 43.3 Å². The lowest BCUT2D eigenvalue weighted by Gasteiger charge is -2.48. The fourth-order valence-corrected chi connectivity index (χ4v) is 10.4. The minimum atomic E-state index is -1.03. The molecule has 0 saturated heterocycles. The molecule has 6 atom stereocenters. The summed E-state index contributed by atoms with van der Waals surface area (Å²) in [5.41, 5.74) is 8.42. The number of nitrogens with zero attached hydrogens (tertiary/aromatic N) is 1. The number of aliphatic hydroxyl groups is 3. The van der Waals surface area contributed by atoms with Gasteiger partial charge in [-0.05, 0) is 121 Å². The molecule has 3 heterocycles. The standard InChI is InChI=1S/C49H58N4O9/c1-27(56)22-51-25-52-24-49(60-26-50-2)21-39-38-20-37-33(28-6-12-40-29(17-28)14-15-53-40)9-10-34-41(57)13-11-35(43(34)37)44(38)47-36(8-7-32(23-55)61-47)46(39)62-48(49)31-18-30(5-4-16-54)45(58)42(19-31)59-3/h6,9-14,17-19,27,32-33,37,48,50-52,54-58H,4-5,7-8,15-16,20-26H2,1-3H3. The molecular weight excluding hydrogens is 789 g/mol. The van der Waals surface area contributed by atoms with Gasteiger partial charge in [0.2, 0.25) is 0 Å².